The van der Waals surface area contributed by atoms with Crippen molar-refractivity contribution in [2.75, 3.05) is 56.8 Å². The number of hydrogen-bond acceptors (Lipinski definition) is 9. The van der Waals surface area contributed by atoms with Crippen LogP contribution in [0.5, 0.6) is 0 Å². The fraction of sp³-hybridized carbons (Fsp3) is 0.368. The van der Waals surface area contributed by atoms with E-state index in [-0.39, 0.29) is 0 Å². The lowest BCUT2D eigenvalue weighted by Crippen LogP contribution is -2.37. The Hall–Kier alpha value is -2.62. The van der Waals surface area contributed by atoms with E-state index in [4.69, 9.17) is 19.4 Å². The first-order valence-corrected chi connectivity index (χ1v) is 10.0. The zero-order chi connectivity index (χ0) is 19.2. The maximum Gasteiger partial charge on any atom is 0.226 e. The number of methoxy groups -OCH3 is 1. The highest BCUT2D eigenvalue weighted by Crippen LogP contribution is 2.33. The molecule has 1 N–H and O–H groups in total. The van der Waals surface area contributed by atoms with E-state index >= 15 is 0 Å². The van der Waals surface area contributed by atoms with Crippen molar-refractivity contribution in [3.05, 3.63) is 36.0 Å². The van der Waals surface area contributed by atoms with Gasteiger partial charge in [-0.25, -0.2) is 19.9 Å². The molecule has 3 aromatic rings. The first-order chi connectivity index (χ1) is 13.8. The molecule has 0 bridgehead atoms. The minimum absolute atomic E-state index is 0.576. The van der Waals surface area contributed by atoms with Crippen molar-refractivity contribution in [2.45, 2.75) is 0 Å². The Bertz CT molecular complexity index is 899. The molecule has 0 amide bonds. The van der Waals surface area contributed by atoms with Gasteiger partial charge < -0.3 is 19.7 Å². The summed E-state index contributed by atoms with van der Waals surface area (Å²) in [6.07, 6.45) is 3.61. The molecule has 4 rings (SSSR count). The van der Waals surface area contributed by atoms with Crippen LogP contribution in [0.3, 0.4) is 0 Å². The van der Waals surface area contributed by atoms with Crippen LogP contribution < -0.4 is 10.2 Å². The number of ether oxygens (including phenoxy) is 2. The van der Waals surface area contributed by atoms with Crippen LogP contribution in [-0.2, 0) is 9.47 Å². The van der Waals surface area contributed by atoms with Crippen LogP contribution in [0.1, 0.15) is 0 Å². The summed E-state index contributed by atoms with van der Waals surface area (Å²) in [6.45, 7) is 4.21. The molecule has 146 valence electrons. The van der Waals surface area contributed by atoms with E-state index in [1.54, 1.807) is 24.6 Å². The molecule has 0 radical (unpaired) electrons. The SMILES string of the molecule is COCCNc1ncc(-c2ccnc(N3CCOCC3)n2)c(-c2cccs2)n1. The highest BCUT2D eigenvalue weighted by atomic mass is 32.1. The number of aromatic nitrogens is 4. The van der Waals surface area contributed by atoms with Gasteiger partial charge in [-0.15, -0.1) is 11.3 Å². The van der Waals surface area contributed by atoms with Crippen molar-refractivity contribution in [1.29, 1.82) is 0 Å². The van der Waals surface area contributed by atoms with Crippen LogP contribution >= 0.6 is 11.3 Å². The first kappa shape index (κ1) is 18.7. The van der Waals surface area contributed by atoms with E-state index in [0.29, 0.717) is 38.3 Å². The second-order valence-electron chi connectivity index (χ2n) is 6.19. The van der Waals surface area contributed by atoms with Gasteiger partial charge in [0.15, 0.2) is 0 Å². The molecular weight excluding hydrogens is 376 g/mol. The molecule has 0 aliphatic carbocycles. The average Bonchev–Trinajstić information content (AvgIpc) is 3.29. The van der Waals surface area contributed by atoms with Crippen LogP contribution in [0.2, 0.25) is 0 Å². The van der Waals surface area contributed by atoms with E-state index in [1.165, 1.54) is 0 Å². The number of morpholine rings is 1. The van der Waals surface area contributed by atoms with E-state index in [2.05, 4.69) is 26.3 Å². The number of thiophene rings is 1. The summed E-state index contributed by atoms with van der Waals surface area (Å²) in [5.41, 5.74) is 2.55. The van der Waals surface area contributed by atoms with Gasteiger partial charge in [0, 0.05) is 44.7 Å². The van der Waals surface area contributed by atoms with E-state index in [0.717, 1.165) is 34.9 Å². The molecule has 0 atom stereocenters. The van der Waals surface area contributed by atoms with Gasteiger partial charge in [-0.1, -0.05) is 6.07 Å². The van der Waals surface area contributed by atoms with Crippen molar-refractivity contribution >= 4 is 23.2 Å². The average molecular weight is 398 g/mol. The fourth-order valence-corrected chi connectivity index (χ4v) is 3.66. The maximum absolute atomic E-state index is 5.43. The molecule has 9 heteroatoms. The molecule has 1 saturated heterocycles. The molecule has 1 aliphatic rings. The number of anilines is 2. The Kier molecular flexibility index (Phi) is 6.05. The monoisotopic (exact) mass is 398 g/mol. The molecule has 0 unspecified atom stereocenters. The Morgan fingerprint density at radius 2 is 2.11 bits per heavy atom. The van der Waals surface area contributed by atoms with Gasteiger partial charge in [-0.05, 0) is 17.5 Å². The van der Waals surface area contributed by atoms with Crippen LogP contribution in [-0.4, -0.2) is 66.5 Å². The van der Waals surface area contributed by atoms with E-state index in [1.807, 2.05) is 23.7 Å². The van der Waals surface area contributed by atoms with Gasteiger partial charge in [0.25, 0.3) is 0 Å². The predicted molar refractivity (Wildman–Crippen MR) is 110 cm³/mol. The van der Waals surface area contributed by atoms with Crippen molar-refractivity contribution < 1.29 is 9.47 Å². The number of rotatable bonds is 7. The van der Waals surface area contributed by atoms with E-state index in [9.17, 15) is 0 Å². The van der Waals surface area contributed by atoms with E-state index < -0.39 is 0 Å². The second-order valence-corrected chi connectivity index (χ2v) is 7.14. The summed E-state index contributed by atoms with van der Waals surface area (Å²) in [6, 6.07) is 5.97. The minimum Gasteiger partial charge on any atom is -0.383 e. The van der Waals surface area contributed by atoms with Crippen molar-refractivity contribution in [3.63, 3.8) is 0 Å². The van der Waals surface area contributed by atoms with Gasteiger partial charge in [0.2, 0.25) is 11.9 Å². The number of nitrogens with zero attached hydrogens (tertiary/aromatic N) is 5. The molecule has 0 spiro atoms. The Labute approximate surface area is 167 Å². The van der Waals surface area contributed by atoms with Crippen LogP contribution in [0.15, 0.2) is 36.0 Å². The molecule has 3 aromatic heterocycles. The molecule has 8 nitrogen and oxygen atoms in total. The largest absolute Gasteiger partial charge is 0.383 e. The maximum atomic E-state index is 5.43. The summed E-state index contributed by atoms with van der Waals surface area (Å²) in [5.74, 6) is 1.28. The smallest absolute Gasteiger partial charge is 0.226 e. The summed E-state index contributed by atoms with van der Waals surface area (Å²) >= 11 is 1.64. The number of hydrogen-bond donors (Lipinski definition) is 1. The third-order valence-electron chi connectivity index (χ3n) is 4.35. The predicted octanol–water partition coefficient (Wildman–Crippen LogP) is 2.56. The lowest BCUT2D eigenvalue weighted by Gasteiger charge is -2.26. The lowest BCUT2D eigenvalue weighted by atomic mass is 10.1. The van der Waals surface area contributed by atoms with Crippen molar-refractivity contribution in [2.24, 2.45) is 0 Å². The summed E-state index contributed by atoms with van der Waals surface area (Å²) < 4.78 is 10.5. The molecule has 4 heterocycles. The molecular formula is C19H22N6O2S. The van der Waals surface area contributed by atoms with Gasteiger partial charge in [-0.2, -0.15) is 0 Å². The van der Waals surface area contributed by atoms with Gasteiger partial charge in [0.05, 0.1) is 36.1 Å². The first-order valence-electron chi connectivity index (χ1n) is 9.15. The van der Waals surface area contributed by atoms with Crippen molar-refractivity contribution in [1.82, 2.24) is 19.9 Å². The zero-order valence-corrected chi connectivity index (χ0v) is 16.5. The summed E-state index contributed by atoms with van der Waals surface area (Å²) in [5, 5.41) is 5.23. The fourth-order valence-electron chi connectivity index (χ4n) is 2.93. The Morgan fingerprint density at radius 3 is 2.89 bits per heavy atom. The van der Waals surface area contributed by atoms with Crippen molar-refractivity contribution in [3.8, 4) is 21.8 Å². The topological polar surface area (TPSA) is 85.3 Å². The standard InChI is InChI=1S/C19H22N6O2S/c1-26-9-6-20-18-22-13-14(17(24-18)16-3-2-12-28-16)15-4-5-21-19(23-15)25-7-10-27-11-8-25/h2-5,12-13H,6-11H2,1H3,(H,20,22,24). The van der Waals surface area contributed by atoms with Gasteiger partial charge in [0.1, 0.15) is 0 Å². The van der Waals surface area contributed by atoms with Gasteiger partial charge in [-0.3, -0.25) is 0 Å². The quantitative estimate of drug-likeness (QED) is 0.608. The number of nitrogens with one attached hydrogen (secondary N) is 1. The molecule has 0 aromatic carbocycles. The highest BCUT2D eigenvalue weighted by molar-refractivity contribution is 7.13. The zero-order valence-electron chi connectivity index (χ0n) is 15.7. The minimum atomic E-state index is 0.576. The molecule has 1 fully saturated rings. The Morgan fingerprint density at radius 1 is 1.21 bits per heavy atom. The highest BCUT2D eigenvalue weighted by Gasteiger charge is 2.17. The summed E-state index contributed by atoms with van der Waals surface area (Å²) in [4.78, 5) is 21.7. The normalized spacial score (nSPS) is 14.2. The van der Waals surface area contributed by atoms with Crippen LogP contribution in [0, 0.1) is 0 Å². The third-order valence-corrected chi connectivity index (χ3v) is 5.22. The molecule has 1 aliphatic heterocycles. The van der Waals surface area contributed by atoms with Crippen LogP contribution in [0.4, 0.5) is 11.9 Å². The molecule has 28 heavy (non-hydrogen) atoms. The third kappa shape index (κ3) is 4.27. The van der Waals surface area contributed by atoms with Gasteiger partial charge >= 0.3 is 0 Å². The second kappa shape index (κ2) is 9.05. The lowest BCUT2D eigenvalue weighted by molar-refractivity contribution is 0.122. The molecule has 0 saturated carbocycles. The van der Waals surface area contributed by atoms with Crippen LogP contribution in [0.25, 0.3) is 21.8 Å². The Balaban J connectivity index is 1.68. The summed E-state index contributed by atoms with van der Waals surface area (Å²) in [7, 11) is 1.67.